The van der Waals surface area contributed by atoms with Gasteiger partial charge in [0.05, 0.1) is 0 Å². The molecule has 2 amide bonds. The number of aliphatic hydroxyl groups is 1. The highest BCUT2D eigenvalue weighted by Crippen LogP contribution is 1.96. The summed E-state index contributed by atoms with van der Waals surface area (Å²) >= 11 is 0. The molecule has 0 heterocycles. The van der Waals surface area contributed by atoms with Gasteiger partial charge in [0, 0.05) is 19.5 Å². The summed E-state index contributed by atoms with van der Waals surface area (Å²) in [4.78, 5) is 21.6. The summed E-state index contributed by atoms with van der Waals surface area (Å²) in [6.07, 6.45) is -1.46. The second-order valence-corrected chi connectivity index (χ2v) is 3.74. The molecule has 0 aliphatic heterocycles. The quantitative estimate of drug-likeness (QED) is 0.586. The molecule has 0 unspecified atom stereocenters. The zero-order chi connectivity index (χ0) is 13.4. The molecule has 1 rings (SSSR count). The van der Waals surface area contributed by atoms with Gasteiger partial charge in [0.2, 0.25) is 0 Å². The van der Waals surface area contributed by atoms with Gasteiger partial charge in [0.15, 0.2) is 6.10 Å². The number of carboxylic acids is 1. The van der Waals surface area contributed by atoms with Crippen molar-refractivity contribution in [3.63, 3.8) is 0 Å². The van der Waals surface area contributed by atoms with Crippen LogP contribution in [0.25, 0.3) is 0 Å². The van der Waals surface area contributed by atoms with Gasteiger partial charge < -0.3 is 20.8 Å². The zero-order valence-corrected chi connectivity index (χ0v) is 9.80. The number of aliphatic carboxylic acids is 1. The number of carboxylic acid groups (broad SMARTS) is 1. The molecule has 6 heteroatoms. The Morgan fingerprint density at radius 2 is 1.83 bits per heavy atom. The molecule has 18 heavy (non-hydrogen) atoms. The zero-order valence-electron chi connectivity index (χ0n) is 9.80. The fourth-order valence-corrected chi connectivity index (χ4v) is 1.29. The Morgan fingerprint density at radius 1 is 1.17 bits per heavy atom. The molecule has 98 valence electrons. The summed E-state index contributed by atoms with van der Waals surface area (Å²) in [6, 6.07) is 9.01. The minimum Gasteiger partial charge on any atom is -0.479 e. The first-order valence-electron chi connectivity index (χ1n) is 5.56. The lowest BCUT2D eigenvalue weighted by molar-refractivity contribution is -0.146. The lowest BCUT2D eigenvalue weighted by Crippen LogP contribution is -2.37. The summed E-state index contributed by atoms with van der Waals surface area (Å²) in [5.74, 6) is -1.29. The third-order valence-corrected chi connectivity index (χ3v) is 2.28. The maximum atomic E-state index is 11.3. The molecular weight excluding hydrogens is 236 g/mol. The van der Waals surface area contributed by atoms with Crippen molar-refractivity contribution < 1.29 is 19.8 Å². The Balaban J connectivity index is 2.17. The molecule has 0 fully saturated rings. The lowest BCUT2D eigenvalue weighted by atomic mass is 10.2. The number of hydrogen-bond donors (Lipinski definition) is 4. The molecule has 4 N–H and O–H groups in total. The number of aliphatic hydroxyl groups excluding tert-OH is 1. The first kappa shape index (κ1) is 14.0. The van der Waals surface area contributed by atoms with Crippen molar-refractivity contribution >= 4 is 12.0 Å². The van der Waals surface area contributed by atoms with Gasteiger partial charge in [0.25, 0.3) is 0 Å². The number of benzene rings is 1. The molecule has 0 bridgehead atoms. The Kier molecular flexibility index (Phi) is 5.66. The highest BCUT2D eigenvalue weighted by atomic mass is 16.4. The second kappa shape index (κ2) is 7.29. The Bertz CT molecular complexity index is 394. The third-order valence-electron chi connectivity index (χ3n) is 2.28. The molecule has 0 saturated carbocycles. The van der Waals surface area contributed by atoms with E-state index < -0.39 is 18.1 Å². The molecule has 0 radical (unpaired) electrons. The van der Waals surface area contributed by atoms with Crippen LogP contribution in [0.2, 0.25) is 0 Å². The van der Waals surface area contributed by atoms with E-state index in [1.165, 1.54) is 0 Å². The molecular formula is C12H16N2O4. The van der Waals surface area contributed by atoms with E-state index >= 15 is 0 Å². The van der Waals surface area contributed by atoms with Crippen LogP contribution in [0.1, 0.15) is 12.0 Å². The summed E-state index contributed by atoms with van der Waals surface area (Å²) in [6.45, 7) is 0.502. The number of rotatable bonds is 6. The van der Waals surface area contributed by atoms with E-state index in [1.807, 2.05) is 30.3 Å². The van der Waals surface area contributed by atoms with Crippen LogP contribution >= 0.6 is 0 Å². The predicted molar refractivity (Wildman–Crippen MR) is 64.9 cm³/mol. The fraction of sp³-hybridized carbons (Fsp3) is 0.333. The minimum absolute atomic E-state index is 0.0198. The number of nitrogens with one attached hydrogen (secondary N) is 2. The topological polar surface area (TPSA) is 98.7 Å². The third kappa shape index (κ3) is 5.31. The van der Waals surface area contributed by atoms with Gasteiger partial charge in [-0.1, -0.05) is 30.3 Å². The summed E-state index contributed by atoms with van der Waals surface area (Å²) in [5.41, 5.74) is 0.971. The van der Waals surface area contributed by atoms with Crippen LogP contribution in [0.3, 0.4) is 0 Å². The van der Waals surface area contributed by atoms with Crippen LogP contribution in [-0.4, -0.2) is 34.9 Å². The fourth-order valence-electron chi connectivity index (χ4n) is 1.29. The molecule has 0 aromatic heterocycles. The van der Waals surface area contributed by atoms with Gasteiger partial charge in [-0.25, -0.2) is 9.59 Å². The van der Waals surface area contributed by atoms with E-state index in [4.69, 9.17) is 10.2 Å². The molecule has 0 saturated heterocycles. The highest BCUT2D eigenvalue weighted by Gasteiger charge is 2.12. The monoisotopic (exact) mass is 252 g/mol. The van der Waals surface area contributed by atoms with Crippen molar-refractivity contribution in [3.05, 3.63) is 35.9 Å². The molecule has 1 aromatic carbocycles. The maximum absolute atomic E-state index is 11.3. The van der Waals surface area contributed by atoms with Crippen molar-refractivity contribution in [1.82, 2.24) is 10.6 Å². The Hall–Kier alpha value is -2.08. The number of amides is 2. The first-order valence-corrected chi connectivity index (χ1v) is 5.56. The van der Waals surface area contributed by atoms with Crippen molar-refractivity contribution in [3.8, 4) is 0 Å². The van der Waals surface area contributed by atoms with E-state index in [1.54, 1.807) is 0 Å². The normalized spacial score (nSPS) is 11.6. The van der Waals surface area contributed by atoms with Gasteiger partial charge in [-0.3, -0.25) is 0 Å². The maximum Gasteiger partial charge on any atom is 0.332 e. The second-order valence-electron chi connectivity index (χ2n) is 3.74. The number of hydrogen-bond acceptors (Lipinski definition) is 3. The summed E-state index contributed by atoms with van der Waals surface area (Å²) < 4.78 is 0. The van der Waals surface area contributed by atoms with Gasteiger partial charge in [-0.2, -0.15) is 0 Å². The summed E-state index contributed by atoms with van der Waals surface area (Å²) in [7, 11) is 0. The largest absolute Gasteiger partial charge is 0.479 e. The van der Waals surface area contributed by atoms with Crippen LogP contribution in [-0.2, 0) is 11.3 Å². The highest BCUT2D eigenvalue weighted by molar-refractivity contribution is 5.74. The van der Waals surface area contributed by atoms with Gasteiger partial charge in [0.1, 0.15) is 0 Å². The van der Waals surface area contributed by atoms with E-state index in [9.17, 15) is 9.59 Å². The average Bonchev–Trinajstić information content (AvgIpc) is 2.37. The van der Waals surface area contributed by atoms with E-state index in [0.29, 0.717) is 6.54 Å². The SMILES string of the molecule is O=C(NCC[C@H](O)C(=O)O)NCc1ccccc1. The van der Waals surface area contributed by atoms with Crippen molar-refractivity contribution in [2.75, 3.05) is 6.54 Å². The van der Waals surface area contributed by atoms with E-state index in [-0.39, 0.29) is 13.0 Å². The van der Waals surface area contributed by atoms with E-state index in [2.05, 4.69) is 10.6 Å². The van der Waals surface area contributed by atoms with Crippen LogP contribution < -0.4 is 10.6 Å². The Labute approximate surface area is 105 Å². The molecule has 6 nitrogen and oxygen atoms in total. The molecule has 0 aliphatic carbocycles. The first-order chi connectivity index (χ1) is 8.59. The predicted octanol–water partition coefficient (Wildman–Crippen LogP) is 0.321. The Morgan fingerprint density at radius 3 is 2.44 bits per heavy atom. The van der Waals surface area contributed by atoms with Crippen molar-refractivity contribution in [2.24, 2.45) is 0 Å². The lowest BCUT2D eigenvalue weighted by Gasteiger charge is -2.08. The summed E-state index contributed by atoms with van der Waals surface area (Å²) in [5, 5.41) is 22.5. The van der Waals surface area contributed by atoms with E-state index in [0.717, 1.165) is 5.56 Å². The standard InChI is InChI=1S/C12H16N2O4/c15-10(11(16)17)6-7-13-12(18)14-8-9-4-2-1-3-5-9/h1-5,10,15H,6-8H2,(H,16,17)(H2,13,14,18)/t10-/m0/s1. The average molecular weight is 252 g/mol. The number of urea groups is 1. The van der Waals surface area contributed by atoms with Gasteiger partial charge >= 0.3 is 12.0 Å². The number of carbonyl (C=O) groups is 2. The van der Waals surface area contributed by atoms with Crippen molar-refractivity contribution in [2.45, 2.75) is 19.1 Å². The molecule has 0 spiro atoms. The minimum atomic E-state index is -1.44. The smallest absolute Gasteiger partial charge is 0.332 e. The number of carbonyl (C=O) groups excluding carboxylic acids is 1. The van der Waals surface area contributed by atoms with Crippen LogP contribution in [0.15, 0.2) is 30.3 Å². The molecule has 0 aliphatic rings. The van der Waals surface area contributed by atoms with Crippen LogP contribution in [0, 0.1) is 0 Å². The molecule has 1 aromatic rings. The van der Waals surface area contributed by atoms with Crippen LogP contribution in [0.5, 0.6) is 0 Å². The van der Waals surface area contributed by atoms with Crippen molar-refractivity contribution in [1.29, 1.82) is 0 Å². The van der Waals surface area contributed by atoms with Crippen LogP contribution in [0.4, 0.5) is 4.79 Å². The van der Waals surface area contributed by atoms with Gasteiger partial charge in [-0.05, 0) is 5.56 Å². The van der Waals surface area contributed by atoms with Gasteiger partial charge in [-0.15, -0.1) is 0 Å². The molecule has 1 atom stereocenters.